The van der Waals surface area contributed by atoms with Crippen LogP contribution in [0, 0.1) is 11.7 Å². The van der Waals surface area contributed by atoms with Gasteiger partial charge in [0.1, 0.15) is 5.82 Å². The number of halogens is 1. The molecule has 2 aromatic carbocycles. The number of hydrogen-bond acceptors (Lipinski definition) is 6. The summed E-state index contributed by atoms with van der Waals surface area (Å²) in [6, 6.07) is 8.65. The molecule has 0 bridgehead atoms. The number of carbonyl (C=O) groups excluding carboxylic acids is 1. The van der Waals surface area contributed by atoms with E-state index in [2.05, 4.69) is 4.72 Å². The first-order valence-electron chi connectivity index (χ1n) is 9.78. The van der Waals surface area contributed by atoms with Gasteiger partial charge in [-0.05, 0) is 56.2 Å². The number of aromatic carboxylic acids is 1. The average Bonchev–Trinajstić information content (AvgIpc) is 2.73. The smallest absolute Gasteiger partial charge is 0.337 e. The van der Waals surface area contributed by atoms with E-state index in [4.69, 9.17) is 4.74 Å². The Bertz CT molecular complexity index is 1090. The van der Waals surface area contributed by atoms with Gasteiger partial charge in [0.05, 0.1) is 28.7 Å². The highest BCUT2D eigenvalue weighted by Crippen LogP contribution is 2.30. The molecule has 1 fully saturated rings. The van der Waals surface area contributed by atoms with Crippen LogP contribution < -0.4 is 9.62 Å². The summed E-state index contributed by atoms with van der Waals surface area (Å²) in [7, 11) is -4.10. The van der Waals surface area contributed by atoms with Crippen LogP contribution in [0.4, 0.5) is 15.8 Å². The number of carboxylic acids is 1. The van der Waals surface area contributed by atoms with Crippen molar-refractivity contribution in [2.75, 3.05) is 29.3 Å². The number of carboxylic acid groups (broad SMARTS) is 1. The Labute approximate surface area is 179 Å². The molecule has 0 aromatic heterocycles. The molecular weight excluding hydrogens is 427 g/mol. The first kappa shape index (κ1) is 22.5. The van der Waals surface area contributed by atoms with E-state index < -0.39 is 21.8 Å². The predicted molar refractivity (Wildman–Crippen MR) is 112 cm³/mol. The summed E-state index contributed by atoms with van der Waals surface area (Å²) in [6.45, 7) is 2.87. The van der Waals surface area contributed by atoms with Gasteiger partial charge in [0.15, 0.2) is 0 Å². The summed E-state index contributed by atoms with van der Waals surface area (Å²) in [4.78, 5) is 25.5. The Morgan fingerprint density at radius 2 is 2.03 bits per heavy atom. The van der Waals surface area contributed by atoms with Crippen molar-refractivity contribution < 1.29 is 32.2 Å². The second-order valence-electron chi connectivity index (χ2n) is 7.14. The molecule has 8 nitrogen and oxygen atoms in total. The van der Waals surface area contributed by atoms with Gasteiger partial charge in [-0.2, -0.15) is 0 Å². The van der Waals surface area contributed by atoms with Crippen molar-refractivity contribution >= 4 is 33.3 Å². The molecule has 10 heteroatoms. The SMILES string of the molecule is CCOC(=O)C1CCCN(c2ccc(NS(=O)(=O)c3cccc(F)c3)cc2C(=O)O)C1. The molecule has 0 radical (unpaired) electrons. The van der Waals surface area contributed by atoms with Crippen LogP contribution in [0.15, 0.2) is 47.4 Å². The lowest BCUT2D eigenvalue weighted by Crippen LogP contribution is -2.40. The quantitative estimate of drug-likeness (QED) is 0.623. The van der Waals surface area contributed by atoms with Crippen LogP contribution in [0.2, 0.25) is 0 Å². The maximum absolute atomic E-state index is 13.4. The molecule has 2 N–H and O–H groups in total. The monoisotopic (exact) mass is 450 g/mol. The van der Waals surface area contributed by atoms with Gasteiger partial charge in [-0.3, -0.25) is 9.52 Å². The first-order chi connectivity index (χ1) is 14.7. The molecule has 31 heavy (non-hydrogen) atoms. The Morgan fingerprint density at radius 1 is 1.26 bits per heavy atom. The second-order valence-corrected chi connectivity index (χ2v) is 8.82. The molecule has 1 unspecified atom stereocenters. The number of hydrogen-bond donors (Lipinski definition) is 2. The highest BCUT2D eigenvalue weighted by atomic mass is 32.2. The number of carbonyl (C=O) groups is 2. The van der Waals surface area contributed by atoms with Crippen molar-refractivity contribution in [3.8, 4) is 0 Å². The molecule has 1 atom stereocenters. The van der Waals surface area contributed by atoms with E-state index in [1.54, 1.807) is 11.8 Å². The Hall–Kier alpha value is -3.14. The molecule has 0 saturated carbocycles. The number of nitrogens with one attached hydrogen (secondary N) is 1. The molecule has 1 saturated heterocycles. The van der Waals surface area contributed by atoms with Crippen molar-refractivity contribution in [3.05, 3.63) is 53.8 Å². The van der Waals surface area contributed by atoms with E-state index in [9.17, 15) is 27.5 Å². The largest absolute Gasteiger partial charge is 0.478 e. The minimum Gasteiger partial charge on any atom is -0.478 e. The minimum atomic E-state index is -4.10. The van der Waals surface area contributed by atoms with Gasteiger partial charge in [0, 0.05) is 18.8 Å². The lowest BCUT2D eigenvalue weighted by Gasteiger charge is -2.34. The minimum absolute atomic E-state index is 0.0318. The van der Waals surface area contributed by atoms with Gasteiger partial charge < -0.3 is 14.7 Å². The number of esters is 1. The standard InChI is InChI=1S/C21H23FN2O6S/c1-2-30-21(27)14-5-4-10-24(13-14)19-9-8-16(12-18(19)20(25)26)23-31(28,29)17-7-3-6-15(22)11-17/h3,6-9,11-12,14,23H,2,4-5,10,13H2,1H3,(H,25,26). The van der Waals surface area contributed by atoms with Crippen molar-refractivity contribution in [2.24, 2.45) is 5.92 Å². The highest BCUT2D eigenvalue weighted by Gasteiger charge is 2.29. The summed E-state index contributed by atoms with van der Waals surface area (Å²) in [5.74, 6) is -2.61. The molecular formula is C21H23FN2O6S. The third-order valence-electron chi connectivity index (χ3n) is 4.97. The molecule has 0 aliphatic carbocycles. The summed E-state index contributed by atoms with van der Waals surface area (Å²) in [5, 5.41) is 9.69. The number of nitrogens with zero attached hydrogens (tertiary/aromatic N) is 1. The highest BCUT2D eigenvalue weighted by molar-refractivity contribution is 7.92. The zero-order valence-electron chi connectivity index (χ0n) is 16.9. The second kappa shape index (κ2) is 9.34. The number of benzene rings is 2. The summed E-state index contributed by atoms with van der Waals surface area (Å²) >= 11 is 0. The van der Waals surface area contributed by atoms with Crippen LogP contribution in [-0.4, -0.2) is 45.2 Å². The van der Waals surface area contributed by atoms with Crippen LogP contribution in [0.3, 0.4) is 0 Å². The Morgan fingerprint density at radius 3 is 2.71 bits per heavy atom. The zero-order valence-corrected chi connectivity index (χ0v) is 17.7. The van der Waals surface area contributed by atoms with Crippen molar-refractivity contribution in [1.29, 1.82) is 0 Å². The molecule has 0 amide bonds. The van der Waals surface area contributed by atoms with E-state index >= 15 is 0 Å². The van der Waals surface area contributed by atoms with Gasteiger partial charge >= 0.3 is 11.9 Å². The van der Waals surface area contributed by atoms with Gasteiger partial charge in [-0.1, -0.05) is 6.07 Å². The third kappa shape index (κ3) is 5.32. The van der Waals surface area contributed by atoms with E-state index in [0.29, 0.717) is 31.6 Å². The van der Waals surface area contributed by atoms with Crippen LogP contribution >= 0.6 is 0 Å². The van der Waals surface area contributed by atoms with Gasteiger partial charge in [0.25, 0.3) is 10.0 Å². The summed E-state index contributed by atoms with van der Waals surface area (Å²) in [5.41, 5.74) is 0.309. The summed E-state index contributed by atoms with van der Waals surface area (Å²) in [6.07, 6.45) is 1.35. The zero-order chi connectivity index (χ0) is 22.6. The van der Waals surface area contributed by atoms with E-state index in [1.807, 2.05) is 0 Å². The lowest BCUT2D eigenvalue weighted by molar-refractivity contribution is -0.148. The predicted octanol–water partition coefficient (Wildman–Crippen LogP) is 3.10. The van der Waals surface area contributed by atoms with Crippen molar-refractivity contribution in [2.45, 2.75) is 24.7 Å². The first-order valence-corrected chi connectivity index (χ1v) is 11.3. The molecule has 1 aliphatic rings. The third-order valence-corrected chi connectivity index (χ3v) is 6.35. The van der Waals surface area contributed by atoms with Gasteiger partial charge in [-0.15, -0.1) is 0 Å². The van der Waals surface area contributed by atoms with Crippen molar-refractivity contribution in [3.63, 3.8) is 0 Å². The fraction of sp³-hybridized carbons (Fsp3) is 0.333. The normalized spacial score (nSPS) is 16.6. The number of piperidine rings is 1. The van der Waals surface area contributed by atoms with E-state index in [-0.39, 0.29) is 34.6 Å². The van der Waals surface area contributed by atoms with Crippen LogP contribution in [-0.2, 0) is 19.6 Å². The molecule has 1 aliphatic heterocycles. The number of sulfonamides is 1. The molecule has 166 valence electrons. The molecule has 1 heterocycles. The van der Waals surface area contributed by atoms with Crippen molar-refractivity contribution in [1.82, 2.24) is 0 Å². The molecule has 2 aromatic rings. The van der Waals surface area contributed by atoms with Crippen LogP contribution in [0.1, 0.15) is 30.1 Å². The summed E-state index contributed by atoms with van der Waals surface area (Å²) < 4.78 is 45.8. The van der Waals surface area contributed by atoms with E-state index in [0.717, 1.165) is 12.1 Å². The van der Waals surface area contributed by atoms with Gasteiger partial charge in [0.2, 0.25) is 0 Å². The number of anilines is 2. The molecule has 3 rings (SSSR count). The van der Waals surface area contributed by atoms with Gasteiger partial charge in [-0.25, -0.2) is 17.6 Å². The van der Waals surface area contributed by atoms with E-state index in [1.165, 1.54) is 30.3 Å². The number of rotatable bonds is 7. The maximum atomic E-state index is 13.4. The Kier molecular flexibility index (Phi) is 6.79. The maximum Gasteiger partial charge on any atom is 0.337 e. The fourth-order valence-corrected chi connectivity index (χ4v) is 4.62. The lowest BCUT2D eigenvalue weighted by atomic mass is 9.97. The molecule has 0 spiro atoms. The average molecular weight is 450 g/mol. The topological polar surface area (TPSA) is 113 Å². The Balaban J connectivity index is 1.86. The van der Waals surface area contributed by atoms with Crippen LogP contribution in [0.25, 0.3) is 0 Å². The number of ether oxygens (including phenoxy) is 1. The fourth-order valence-electron chi connectivity index (χ4n) is 3.54. The van der Waals surface area contributed by atoms with Crippen LogP contribution in [0.5, 0.6) is 0 Å².